The van der Waals surface area contributed by atoms with Crippen molar-refractivity contribution in [2.45, 2.75) is 20.0 Å². The van der Waals surface area contributed by atoms with E-state index in [9.17, 15) is 4.79 Å². The quantitative estimate of drug-likeness (QED) is 0.886. The molecule has 0 saturated heterocycles. The fourth-order valence-electron chi connectivity index (χ4n) is 1.85. The van der Waals surface area contributed by atoms with Gasteiger partial charge in [0, 0.05) is 18.8 Å². The molecule has 0 bridgehead atoms. The molecule has 112 valence electrons. The van der Waals surface area contributed by atoms with E-state index in [1.54, 1.807) is 30.5 Å². The molecule has 0 saturated carbocycles. The van der Waals surface area contributed by atoms with Gasteiger partial charge >= 0.3 is 6.03 Å². The van der Waals surface area contributed by atoms with Gasteiger partial charge in [0.2, 0.25) is 5.88 Å². The lowest BCUT2D eigenvalue weighted by Gasteiger charge is -2.19. The first kappa shape index (κ1) is 14.9. The van der Waals surface area contributed by atoms with Crippen molar-refractivity contribution in [2.75, 3.05) is 13.7 Å². The largest absolute Gasteiger partial charge is 0.478 e. The molecule has 0 atom stereocenters. The molecule has 2 aromatic rings. The summed E-state index contributed by atoms with van der Waals surface area (Å²) in [6.07, 6.45) is 3.25. The van der Waals surface area contributed by atoms with Crippen LogP contribution in [-0.2, 0) is 13.1 Å². The zero-order chi connectivity index (χ0) is 15.1. The molecule has 6 nitrogen and oxygen atoms in total. The number of furan rings is 1. The number of hydrogen-bond donors (Lipinski definition) is 1. The molecule has 2 rings (SSSR count). The van der Waals surface area contributed by atoms with Crippen molar-refractivity contribution in [2.24, 2.45) is 0 Å². The summed E-state index contributed by atoms with van der Waals surface area (Å²) < 4.78 is 10.6. The highest BCUT2D eigenvalue weighted by Crippen LogP contribution is 2.16. The molecule has 0 aromatic carbocycles. The highest BCUT2D eigenvalue weighted by atomic mass is 16.5. The Morgan fingerprint density at radius 1 is 1.43 bits per heavy atom. The van der Waals surface area contributed by atoms with Crippen molar-refractivity contribution in [1.29, 1.82) is 0 Å². The van der Waals surface area contributed by atoms with Gasteiger partial charge in [0.25, 0.3) is 0 Å². The van der Waals surface area contributed by atoms with Crippen LogP contribution in [0.25, 0.3) is 0 Å². The summed E-state index contributed by atoms with van der Waals surface area (Å²) in [7, 11) is 1.72. The Bertz CT molecular complexity index is 569. The number of nitrogens with zero attached hydrogens (tertiary/aromatic N) is 2. The Hall–Kier alpha value is -2.50. The van der Waals surface area contributed by atoms with E-state index < -0.39 is 0 Å². The van der Waals surface area contributed by atoms with E-state index in [2.05, 4.69) is 10.3 Å². The molecule has 2 aromatic heterocycles. The van der Waals surface area contributed by atoms with Crippen molar-refractivity contribution < 1.29 is 13.9 Å². The Morgan fingerprint density at radius 2 is 2.29 bits per heavy atom. The van der Waals surface area contributed by atoms with Gasteiger partial charge in [0.15, 0.2) is 0 Å². The van der Waals surface area contributed by atoms with E-state index in [0.29, 0.717) is 31.3 Å². The molecule has 0 aliphatic rings. The third kappa shape index (κ3) is 4.24. The van der Waals surface area contributed by atoms with E-state index in [0.717, 1.165) is 5.56 Å². The van der Waals surface area contributed by atoms with Gasteiger partial charge in [0.1, 0.15) is 5.76 Å². The number of ether oxygens (including phenoxy) is 1. The van der Waals surface area contributed by atoms with Crippen molar-refractivity contribution >= 4 is 6.03 Å². The molecule has 2 amide bonds. The average molecular weight is 289 g/mol. The van der Waals surface area contributed by atoms with Crippen LogP contribution in [0.5, 0.6) is 5.88 Å². The fourth-order valence-corrected chi connectivity index (χ4v) is 1.85. The highest BCUT2D eigenvalue weighted by Gasteiger charge is 2.12. The Morgan fingerprint density at radius 3 is 3.00 bits per heavy atom. The third-order valence-corrected chi connectivity index (χ3v) is 2.88. The molecule has 0 aliphatic heterocycles. The monoisotopic (exact) mass is 289 g/mol. The van der Waals surface area contributed by atoms with Crippen LogP contribution in [0.3, 0.4) is 0 Å². The van der Waals surface area contributed by atoms with Crippen molar-refractivity contribution in [3.63, 3.8) is 0 Å². The summed E-state index contributed by atoms with van der Waals surface area (Å²) in [6, 6.07) is 7.14. The fraction of sp³-hybridized carbons (Fsp3) is 0.333. The number of carbonyl (C=O) groups is 1. The maximum absolute atomic E-state index is 12.0. The minimum absolute atomic E-state index is 0.183. The molecule has 1 N–H and O–H groups in total. The van der Waals surface area contributed by atoms with Gasteiger partial charge < -0.3 is 19.4 Å². The summed E-state index contributed by atoms with van der Waals surface area (Å²) in [5, 5.41) is 2.79. The van der Waals surface area contributed by atoms with Crippen LogP contribution in [0.2, 0.25) is 0 Å². The number of urea groups is 1. The maximum Gasteiger partial charge on any atom is 0.317 e. The van der Waals surface area contributed by atoms with Crippen LogP contribution in [0.15, 0.2) is 41.1 Å². The van der Waals surface area contributed by atoms with Gasteiger partial charge in [-0.2, -0.15) is 0 Å². The van der Waals surface area contributed by atoms with Gasteiger partial charge in [-0.05, 0) is 25.1 Å². The van der Waals surface area contributed by atoms with E-state index in [1.165, 1.54) is 0 Å². The Kier molecular flexibility index (Phi) is 5.20. The summed E-state index contributed by atoms with van der Waals surface area (Å²) in [5.74, 6) is 1.28. The predicted octanol–water partition coefficient (Wildman–Crippen LogP) is 2.41. The molecule has 21 heavy (non-hydrogen) atoms. The molecule has 2 heterocycles. The average Bonchev–Trinajstić information content (AvgIpc) is 3.00. The van der Waals surface area contributed by atoms with Crippen molar-refractivity contribution in [3.8, 4) is 5.88 Å². The third-order valence-electron chi connectivity index (χ3n) is 2.88. The topological polar surface area (TPSA) is 67.6 Å². The van der Waals surface area contributed by atoms with Crippen LogP contribution in [0.1, 0.15) is 18.2 Å². The first-order chi connectivity index (χ1) is 10.2. The van der Waals surface area contributed by atoms with E-state index >= 15 is 0 Å². The lowest BCUT2D eigenvalue weighted by molar-refractivity contribution is 0.204. The van der Waals surface area contributed by atoms with Gasteiger partial charge in [-0.3, -0.25) is 0 Å². The maximum atomic E-state index is 12.0. The van der Waals surface area contributed by atoms with Crippen molar-refractivity contribution in [3.05, 3.63) is 48.0 Å². The summed E-state index contributed by atoms with van der Waals surface area (Å²) in [6.45, 7) is 3.23. The molecule has 0 unspecified atom stereocenters. The smallest absolute Gasteiger partial charge is 0.317 e. The standard InChI is InChI=1S/C15H19N3O3/c1-3-20-14-12(6-4-8-16-14)11-18(2)15(19)17-10-13-7-5-9-21-13/h4-9H,3,10-11H2,1-2H3,(H,17,19). The van der Waals surface area contributed by atoms with Crippen molar-refractivity contribution in [1.82, 2.24) is 15.2 Å². The van der Waals surface area contributed by atoms with Crippen LogP contribution in [0, 0.1) is 0 Å². The lowest BCUT2D eigenvalue weighted by Crippen LogP contribution is -2.36. The summed E-state index contributed by atoms with van der Waals surface area (Å²) >= 11 is 0. The second kappa shape index (κ2) is 7.33. The number of aromatic nitrogens is 1. The van der Waals surface area contributed by atoms with Gasteiger partial charge in [0.05, 0.1) is 26.0 Å². The van der Waals surface area contributed by atoms with Crippen LogP contribution < -0.4 is 10.1 Å². The van der Waals surface area contributed by atoms with Gasteiger partial charge in [-0.15, -0.1) is 0 Å². The lowest BCUT2D eigenvalue weighted by atomic mass is 10.2. The molecular formula is C15H19N3O3. The minimum Gasteiger partial charge on any atom is -0.478 e. The number of nitrogens with one attached hydrogen (secondary N) is 1. The first-order valence-electron chi connectivity index (χ1n) is 6.78. The molecular weight excluding hydrogens is 270 g/mol. The first-order valence-corrected chi connectivity index (χ1v) is 6.78. The minimum atomic E-state index is -0.183. The second-order valence-electron chi connectivity index (χ2n) is 4.49. The van der Waals surface area contributed by atoms with E-state index in [-0.39, 0.29) is 6.03 Å². The molecule has 0 radical (unpaired) electrons. The van der Waals surface area contributed by atoms with E-state index in [1.807, 2.05) is 25.1 Å². The SMILES string of the molecule is CCOc1ncccc1CN(C)C(=O)NCc1ccco1. The normalized spacial score (nSPS) is 10.2. The summed E-state index contributed by atoms with van der Waals surface area (Å²) in [5.41, 5.74) is 0.870. The summed E-state index contributed by atoms with van der Waals surface area (Å²) in [4.78, 5) is 17.8. The molecule has 0 fully saturated rings. The molecule has 6 heteroatoms. The van der Waals surface area contributed by atoms with Gasteiger partial charge in [-0.25, -0.2) is 9.78 Å². The van der Waals surface area contributed by atoms with Crippen LogP contribution >= 0.6 is 0 Å². The zero-order valence-corrected chi connectivity index (χ0v) is 12.2. The number of hydrogen-bond acceptors (Lipinski definition) is 4. The number of pyridine rings is 1. The number of amides is 2. The second-order valence-corrected chi connectivity index (χ2v) is 4.49. The molecule has 0 spiro atoms. The highest BCUT2D eigenvalue weighted by molar-refractivity contribution is 5.73. The zero-order valence-electron chi connectivity index (χ0n) is 12.2. The van der Waals surface area contributed by atoms with Crippen LogP contribution in [-0.4, -0.2) is 29.6 Å². The number of carbonyl (C=O) groups excluding carboxylic acids is 1. The predicted molar refractivity (Wildman–Crippen MR) is 77.8 cm³/mol. The van der Waals surface area contributed by atoms with Gasteiger partial charge in [-0.1, -0.05) is 6.07 Å². The molecule has 0 aliphatic carbocycles. The van der Waals surface area contributed by atoms with Crippen LogP contribution in [0.4, 0.5) is 4.79 Å². The Balaban J connectivity index is 1.91. The Labute approximate surface area is 123 Å². The number of rotatable bonds is 6. The van der Waals surface area contributed by atoms with E-state index in [4.69, 9.17) is 9.15 Å².